The Balaban J connectivity index is 1.21. The fraction of sp³-hybridized carbons (Fsp3) is 0.552. The molecule has 0 spiro atoms. The Morgan fingerprint density at radius 1 is 0.444 bits per heavy atom. The minimum atomic E-state index is -2.43. The quantitative estimate of drug-likeness (QED) is 0.0480. The van der Waals surface area contributed by atoms with E-state index in [0.29, 0.717) is 45.8 Å². The summed E-state index contributed by atoms with van der Waals surface area (Å²) in [6.07, 6.45) is 19.5. The molecule has 0 saturated carbocycles. The van der Waals surface area contributed by atoms with E-state index in [9.17, 15) is 0 Å². The molecule has 4 atom stereocenters. The number of thiophene rings is 5. The molecule has 14 heteroatoms. The predicted octanol–water partition coefficient (Wildman–Crippen LogP) is 20.8. The third kappa shape index (κ3) is 10.5. The minimum Gasteiger partial charge on any atom is -0.203 e. The molecule has 0 amide bonds. The van der Waals surface area contributed by atoms with Crippen molar-refractivity contribution in [2.24, 2.45) is 23.7 Å². The highest BCUT2D eigenvalue weighted by atomic mass is 79.9. The van der Waals surface area contributed by atoms with Gasteiger partial charge in [-0.3, -0.25) is 0 Å². The van der Waals surface area contributed by atoms with Crippen LogP contribution in [0.3, 0.4) is 0 Å². The highest BCUT2D eigenvalue weighted by molar-refractivity contribution is 9.11. The second-order valence-corrected chi connectivity index (χ2v) is 38.1. The fourth-order valence-corrected chi connectivity index (χ4v) is 36.5. The van der Waals surface area contributed by atoms with E-state index in [4.69, 9.17) is 8.75 Å². The van der Waals surface area contributed by atoms with Crippen LogP contribution in [0.1, 0.15) is 158 Å². The van der Waals surface area contributed by atoms with Crippen molar-refractivity contribution in [1.29, 1.82) is 0 Å². The highest BCUT2D eigenvalue weighted by Gasteiger charge is 2.52. The van der Waals surface area contributed by atoms with Gasteiger partial charge in [-0.05, 0) is 137 Å². The Morgan fingerprint density at radius 3 is 1.17 bits per heavy atom. The molecule has 72 heavy (non-hydrogen) atoms. The average molecular weight is 1250 g/mol. The summed E-state index contributed by atoms with van der Waals surface area (Å²) in [6.45, 7) is 18.8. The molecule has 9 rings (SSSR count). The Labute approximate surface area is 472 Å². The Bertz CT molecular complexity index is 2920. The molecule has 0 bridgehead atoms. The first-order valence-corrected chi connectivity index (χ1v) is 38.8. The first-order valence-electron chi connectivity index (χ1n) is 27.5. The number of rotatable bonds is 27. The summed E-state index contributed by atoms with van der Waals surface area (Å²) in [4.78, 5) is 9.59. The third-order valence-corrected chi connectivity index (χ3v) is 36.3. The van der Waals surface area contributed by atoms with Crippen LogP contribution in [-0.4, -0.2) is 24.9 Å². The van der Waals surface area contributed by atoms with Gasteiger partial charge in [-0.25, -0.2) is 8.78 Å². The van der Waals surface area contributed by atoms with Gasteiger partial charge in [0.15, 0.2) is 11.6 Å². The normalized spacial score (nSPS) is 18.7. The molecule has 0 saturated heterocycles. The van der Waals surface area contributed by atoms with Crippen LogP contribution in [0.25, 0.3) is 61.2 Å². The number of fused-ring (bicyclic) bond motifs is 7. The Morgan fingerprint density at radius 2 is 0.806 bits per heavy atom. The van der Waals surface area contributed by atoms with E-state index in [2.05, 4.69) is 124 Å². The van der Waals surface area contributed by atoms with E-state index in [1.165, 1.54) is 170 Å². The van der Waals surface area contributed by atoms with Crippen LogP contribution in [0.2, 0.25) is 24.2 Å². The molecule has 2 nitrogen and oxygen atoms in total. The van der Waals surface area contributed by atoms with E-state index in [-0.39, 0.29) is 0 Å². The van der Waals surface area contributed by atoms with Gasteiger partial charge in [-0.15, -0.1) is 56.7 Å². The van der Waals surface area contributed by atoms with E-state index < -0.39 is 27.8 Å². The van der Waals surface area contributed by atoms with Crippen LogP contribution in [-0.2, 0) is 0 Å². The highest BCUT2D eigenvalue weighted by Crippen LogP contribution is 2.53. The van der Waals surface area contributed by atoms with Gasteiger partial charge in [-0.2, -0.15) is 8.75 Å². The summed E-state index contributed by atoms with van der Waals surface area (Å²) in [6, 6.07) is 19.0. The molecule has 388 valence electrons. The summed E-state index contributed by atoms with van der Waals surface area (Å²) in [5.74, 6) is 0.980. The summed E-state index contributed by atoms with van der Waals surface area (Å²) in [5.41, 5.74) is 1.62. The number of halogens is 4. The molecule has 7 aromatic rings. The van der Waals surface area contributed by atoms with Gasteiger partial charge in [0.25, 0.3) is 0 Å². The average Bonchev–Trinajstić information content (AvgIpc) is 4.26. The lowest BCUT2D eigenvalue weighted by molar-refractivity contribution is 0.469. The topological polar surface area (TPSA) is 25.8 Å². The summed E-state index contributed by atoms with van der Waals surface area (Å²) >= 11 is 17.8. The molecule has 6 aromatic heterocycles. The first-order chi connectivity index (χ1) is 34.9. The fourth-order valence-electron chi connectivity index (χ4n) is 12.9. The SMILES string of the molecule is CCCCC(CC)C[Si]1(CC(CC)CCCC)c2cc(Br)sc2-c2sc(-c3c(F)c(F)c(-c4cc5c(s4)-c4sc(-c6ccc(Br)s6)cc4[Si]5(CC(CC)CCCC)CC(CC)CCCC)c4nsnc34)cc21. The lowest BCUT2D eigenvalue weighted by Gasteiger charge is -2.35. The zero-order valence-corrected chi connectivity index (χ0v) is 53.8. The Kier molecular flexibility index (Phi) is 18.7. The summed E-state index contributed by atoms with van der Waals surface area (Å²) in [5, 5.41) is 6.12. The van der Waals surface area contributed by atoms with Crippen molar-refractivity contribution < 1.29 is 8.78 Å². The van der Waals surface area contributed by atoms with Crippen LogP contribution >= 0.6 is 100 Å². The molecule has 0 N–H and O–H groups in total. The van der Waals surface area contributed by atoms with Crippen molar-refractivity contribution in [1.82, 2.24) is 8.75 Å². The van der Waals surface area contributed by atoms with E-state index in [1.54, 1.807) is 44.4 Å². The predicted molar refractivity (Wildman–Crippen MR) is 332 cm³/mol. The molecular weight excluding hydrogens is 1170 g/mol. The van der Waals surface area contributed by atoms with Crippen molar-refractivity contribution >= 4 is 148 Å². The molecule has 4 unspecified atom stereocenters. The second kappa shape index (κ2) is 24.2. The van der Waals surface area contributed by atoms with Gasteiger partial charge >= 0.3 is 0 Å². The van der Waals surface area contributed by atoms with Crippen molar-refractivity contribution in [3.05, 3.63) is 55.6 Å². The van der Waals surface area contributed by atoms with Gasteiger partial charge in [-0.1, -0.05) is 158 Å². The monoisotopic (exact) mass is 1240 g/mol. The third-order valence-electron chi connectivity index (χ3n) is 17.0. The molecule has 1 aromatic carbocycles. The van der Waals surface area contributed by atoms with Gasteiger partial charge in [0.1, 0.15) is 27.2 Å². The largest absolute Gasteiger partial charge is 0.203 e. The smallest absolute Gasteiger partial charge is 0.170 e. The maximum atomic E-state index is 17.9. The lowest BCUT2D eigenvalue weighted by Crippen LogP contribution is -2.56. The first kappa shape index (κ1) is 55.5. The van der Waals surface area contributed by atoms with E-state index in [1.807, 2.05) is 22.7 Å². The summed E-state index contributed by atoms with van der Waals surface area (Å²) in [7, 11) is -4.77. The molecular formula is C58H74Br2F2N2S6Si2. The number of hydrogen-bond donors (Lipinski definition) is 0. The van der Waals surface area contributed by atoms with Crippen molar-refractivity contribution in [2.75, 3.05) is 0 Å². The lowest BCUT2D eigenvalue weighted by atomic mass is 10.0. The van der Waals surface area contributed by atoms with Gasteiger partial charge < -0.3 is 0 Å². The van der Waals surface area contributed by atoms with Crippen molar-refractivity contribution in [3.63, 3.8) is 0 Å². The molecule has 2 aliphatic heterocycles. The molecule has 0 aliphatic carbocycles. The number of hydrogen-bond acceptors (Lipinski definition) is 8. The van der Waals surface area contributed by atoms with Crippen molar-refractivity contribution in [2.45, 2.75) is 182 Å². The van der Waals surface area contributed by atoms with Crippen LogP contribution in [0, 0.1) is 35.3 Å². The zero-order valence-electron chi connectivity index (χ0n) is 43.8. The minimum absolute atomic E-state index is 0.305. The standard InChI is InChI=1S/C58H74Br2F2N2S6Si2/c1-9-17-21-35(13-5)31-71(32-36(14-6)22-18-10-2)43-27-40(39-25-26-47(59)65-39)66-55(43)56-44(71)28-41(67-56)49-51(61)52(62)50(54-53(49)63-70-64-54)42-29-45-57(68-42)58-46(30-48(60)69-58)72(45,33-37(15-7)23-19-11-3)34-38(16-8)24-20-12-4/h25-30,35-38H,9-24,31-34H2,1-8H3. The van der Waals surface area contributed by atoms with Crippen LogP contribution < -0.4 is 20.7 Å². The molecule has 2 aliphatic rings. The maximum Gasteiger partial charge on any atom is 0.170 e. The zero-order chi connectivity index (χ0) is 50.9. The molecule has 0 radical (unpaired) electrons. The number of benzene rings is 1. The van der Waals surface area contributed by atoms with Gasteiger partial charge in [0.2, 0.25) is 0 Å². The maximum absolute atomic E-state index is 17.9. The summed E-state index contributed by atoms with van der Waals surface area (Å²) < 4.78 is 47.9. The van der Waals surface area contributed by atoms with Crippen LogP contribution in [0.15, 0.2) is 44.0 Å². The van der Waals surface area contributed by atoms with Crippen LogP contribution in [0.5, 0.6) is 0 Å². The van der Waals surface area contributed by atoms with Crippen LogP contribution in [0.4, 0.5) is 8.78 Å². The van der Waals surface area contributed by atoms with E-state index in [0.717, 1.165) is 25.3 Å². The second-order valence-electron chi connectivity index (χ2n) is 21.4. The molecule has 8 heterocycles. The van der Waals surface area contributed by atoms with Gasteiger partial charge in [0, 0.05) is 39.0 Å². The van der Waals surface area contributed by atoms with Gasteiger partial charge in [0.05, 0.1) is 30.4 Å². The molecule has 0 fully saturated rings. The number of unbranched alkanes of at least 4 members (excludes halogenated alkanes) is 4. The Hall–Kier alpha value is -1.21. The number of aromatic nitrogens is 2. The number of nitrogens with zero attached hydrogens (tertiary/aromatic N) is 2. The van der Waals surface area contributed by atoms with Crippen molar-refractivity contribution in [3.8, 4) is 50.1 Å². The van der Waals surface area contributed by atoms with E-state index >= 15 is 8.78 Å².